The lowest BCUT2D eigenvalue weighted by atomic mass is 10.0. The number of hydrogen-bond acceptors (Lipinski definition) is 2. The molecule has 0 aliphatic carbocycles. The Morgan fingerprint density at radius 2 is 1.94 bits per heavy atom. The van der Waals surface area contributed by atoms with Gasteiger partial charge in [0.2, 0.25) is 0 Å². The number of rotatable bonds is 3. The van der Waals surface area contributed by atoms with Crippen LogP contribution in [0.5, 0.6) is 0 Å². The van der Waals surface area contributed by atoms with Crippen molar-refractivity contribution in [3.8, 4) is 0 Å². The van der Waals surface area contributed by atoms with Crippen molar-refractivity contribution in [2.75, 3.05) is 25.1 Å². The Bertz CT molecular complexity index is 388. The number of urea groups is 1. The Labute approximate surface area is 106 Å². The summed E-state index contributed by atoms with van der Waals surface area (Å²) in [5, 5.41) is 5.48. The van der Waals surface area contributed by atoms with Crippen LogP contribution in [0, 0.1) is 11.7 Å². The SMILES string of the molecule is O=C(NCC1CCOCC1)Nc1ccc(F)cc1. The van der Waals surface area contributed by atoms with Gasteiger partial charge < -0.3 is 15.4 Å². The average molecular weight is 252 g/mol. The molecule has 1 aliphatic heterocycles. The minimum atomic E-state index is -0.317. The molecule has 1 saturated heterocycles. The molecule has 0 aromatic heterocycles. The molecule has 1 aliphatic rings. The first kappa shape index (κ1) is 12.8. The summed E-state index contributed by atoms with van der Waals surface area (Å²) in [6.45, 7) is 2.19. The van der Waals surface area contributed by atoms with E-state index in [-0.39, 0.29) is 11.8 Å². The molecule has 2 N–H and O–H groups in total. The monoisotopic (exact) mass is 252 g/mol. The predicted octanol–water partition coefficient (Wildman–Crippen LogP) is 2.37. The molecule has 0 saturated carbocycles. The standard InChI is InChI=1S/C13H17FN2O2/c14-11-1-3-12(4-2-11)16-13(17)15-9-10-5-7-18-8-6-10/h1-4,10H,5-9H2,(H2,15,16,17). The van der Waals surface area contributed by atoms with E-state index >= 15 is 0 Å². The summed E-state index contributed by atoms with van der Waals surface area (Å²) in [7, 11) is 0. The number of halogens is 1. The molecule has 98 valence electrons. The third kappa shape index (κ3) is 4.00. The number of ether oxygens (including phenoxy) is 1. The van der Waals surface area contributed by atoms with Crippen LogP contribution in [0.25, 0.3) is 0 Å². The number of nitrogens with one attached hydrogen (secondary N) is 2. The van der Waals surface area contributed by atoms with E-state index < -0.39 is 0 Å². The quantitative estimate of drug-likeness (QED) is 0.867. The van der Waals surface area contributed by atoms with E-state index in [9.17, 15) is 9.18 Å². The number of carbonyl (C=O) groups excluding carboxylic acids is 1. The normalized spacial score (nSPS) is 16.3. The van der Waals surface area contributed by atoms with Crippen molar-refractivity contribution < 1.29 is 13.9 Å². The van der Waals surface area contributed by atoms with Crippen LogP contribution in [0.1, 0.15) is 12.8 Å². The second-order valence-corrected chi connectivity index (χ2v) is 4.40. The number of carbonyl (C=O) groups is 1. The highest BCUT2D eigenvalue weighted by molar-refractivity contribution is 5.89. The Kier molecular flexibility index (Phi) is 4.52. The van der Waals surface area contributed by atoms with Gasteiger partial charge in [0.15, 0.2) is 0 Å². The highest BCUT2D eigenvalue weighted by Gasteiger charge is 2.14. The van der Waals surface area contributed by atoms with Crippen LogP contribution in [-0.4, -0.2) is 25.8 Å². The molecule has 1 heterocycles. The Morgan fingerprint density at radius 3 is 2.61 bits per heavy atom. The highest BCUT2D eigenvalue weighted by Crippen LogP contribution is 2.13. The summed E-state index contributed by atoms with van der Waals surface area (Å²) in [5.41, 5.74) is 0.584. The lowest BCUT2D eigenvalue weighted by Crippen LogP contribution is -2.35. The molecule has 0 spiro atoms. The molecule has 0 bridgehead atoms. The van der Waals surface area contributed by atoms with E-state index in [0.717, 1.165) is 26.1 Å². The summed E-state index contributed by atoms with van der Waals surface area (Å²) in [6.07, 6.45) is 1.97. The van der Waals surface area contributed by atoms with Gasteiger partial charge in [0, 0.05) is 25.4 Å². The maximum absolute atomic E-state index is 12.7. The van der Waals surface area contributed by atoms with E-state index in [1.165, 1.54) is 24.3 Å². The summed E-state index contributed by atoms with van der Waals surface area (Å²) >= 11 is 0. The van der Waals surface area contributed by atoms with Gasteiger partial charge in [-0.3, -0.25) is 0 Å². The summed E-state index contributed by atoms with van der Waals surface area (Å²) in [4.78, 5) is 11.6. The molecule has 5 heteroatoms. The van der Waals surface area contributed by atoms with Crippen molar-refractivity contribution in [3.05, 3.63) is 30.1 Å². The minimum absolute atomic E-state index is 0.256. The van der Waals surface area contributed by atoms with Crippen LogP contribution in [0.2, 0.25) is 0 Å². The Balaban J connectivity index is 1.73. The highest BCUT2D eigenvalue weighted by atomic mass is 19.1. The molecule has 2 rings (SSSR count). The molecule has 18 heavy (non-hydrogen) atoms. The van der Waals surface area contributed by atoms with Crippen molar-refractivity contribution in [2.24, 2.45) is 5.92 Å². The second kappa shape index (κ2) is 6.35. The summed E-state index contributed by atoms with van der Waals surface area (Å²) < 4.78 is 17.9. The van der Waals surface area contributed by atoms with Gasteiger partial charge in [-0.05, 0) is 43.0 Å². The number of amides is 2. The van der Waals surface area contributed by atoms with E-state index in [2.05, 4.69) is 10.6 Å². The van der Waals surface area contributed by atoms with Crippen molar-refractivity contribution in [1.82, 2.24) is 5.32 Å². The summed E-state index contributed by atoms with van der Waals surface area (Å²) in [5.74, 6) is 0.167. The van der Waals surface area contributed by atoms with Crippen molar-refractivity contribution in [1.29, 1.82) is 0 Å². The zero-order valence-corrected chi connectivity index (χ0v) is 10.1. The Hall–Kier alpha value is -1.62. The third-order valence-electron chi connectivity index (χ3n) is 2.99. The largest absolute Gasteiger partial charge is 0.381 e. The molecular weight excluding hydrogens is 235 g/mol. The van der Waals surface area contributed by atoms with Crippen LogP contribution in [0.3, 0.4) is 0 Å². The first-order valence-corrected chi connectivity index (χ1v) is 6.12. The first-order chi connectivity index (χ1) is 8.74. The van der Waals surface area contributed by atoms with E-state index in [1.807, 2.05) is 0 Å². The lowest BCUT2D eigenvalue weighted by molar-refractivity contribution is 0.0671. The predicted molar refractivity (Wildman–Crippen MR) is 67.0 cm³/mol. The molecular formula is C13H17FN2O2. The van der Waals surface area contributed by atoms with Gasteiger partial charge in [-0.2, -0.15) is 0 Å². The Morgan fingerprint density at radius 1 is 1.28 bits per heavy atom. The van der Waals surface area contributed by atoms with Crippen molar-refractivity contribution in [2.45, 2.75) is 12.8 Å². The maximum atomic E-state index is 12.7. The number of anilines is 1. The van der Waals surface area contributed by atoms with Gasteiger partial charge in [-0.15, -0.1) is 0 Å². The molecule has 4 nitrogen and oxygen atoms in total. The van der Waals surface area contributed by atoms with Gasteiger partial charge in [0.1, 0.15) is 5.82 Å². The zero-order chi connectivity index (χ0) is 12.8. The maximum Gasteiger partial charge on any atom is 0.319 e. The molecule has 0 unspecified atom stereocenters. The topological polar surface area (TPSA) is 50.4 Å². The molecule has 2 amide bonds. The van der Waals surface area contributed by atoms with Crippen LogP contribution in [-0.2, 0) is 4.74 Å². The van der Waals surface area contributed by atoms with Crippen LogP contribution >= 0.6 is 0 Å². The second-order valence-electron chi connectivity index (χ2n) is 4.40. The summed E-state index contributed by atoms with van der Waals surface area (Å²) in [6, 6.07) is 5.43. The molecule has 1 aromatic rings. The van der Waals surface area contributed by atoms with Gasteiger partial charge in [-0.25, -0.2) is 9.18 Å². The number of hydrogen-bond donors (Lipinski definition) is 2. The molecule has 1 fully saturated rings. The first-order valence-electron chi connectivity index (χ1n) is 6.12. The fourth-order valence-electron chi connectivity index (χ4n) is 1.90. The molecule has 0 radical (unpaired) electrons. The minimum Gasteiger partial charge on any atom is -0.381 e. The van der Waals surface area contributed by atoms with Gasteiger partial charge in [0.25, 0.3) is 0 Å². The van der Waals surface area contributed by atoms with Crippen LogP contribution in [0.15, 0.2) is 24.3 Å². The number of benzene rings is 1. The van der Waals surface area contributed by atoms with Crippen LogP contribution < -0.4 is 10.6 Å². The van der Waals surface area contributed by atoms with E-state index in [1.54, 1.807) is 0 Å². The lowest BCUT2D eigenvalue weighted by Gasteiger charge is -2.22. The fourth-order valence-corrected chi connectivity index (χ4v) is 1.90. The average Bonchev–Trinajstić information content (AvgIpc) is 2.40. The van der Waals surface area contributed by atoms with Gasteiger partial charge >= 0.3 is 6.03 Å². The third-order valence-corrected chi connectivity index (χ3v) is 2.99. The van der Waals surface area contributed by atoms with E-state index in [0.29, 0.717) is 18.2 Å². The molecule has 0 atom stereocenters. The zero-order valence-electron chi connectivity index (χ0n) is 10.1. The van der Waals surface area contributed by atoms with Gasteiger partial charge in [0.05, 0.1) is 0 Å². The van der Waals surface area contributed by atoms with Crippen molar-refractivity contribution in [3.63, 3.8) is 0 Å². The van der Waals surface area contributed by atoms with Gasteiger partial charge in [-0.1, -0.05) is 0 Å². The van der Waals surface area contributed by atoms with Crippen molar-refractivity contribution >= 4 is 11.7 Å². The molecule has 1 aromatic carbocycles. The fraction of sp³-hybridized carbons (Fsp3) is 0.462. The smallest absolute Gasteiger partial charge is 0.319 e. The van der Waals surface area contributed by atoms with E-state index in [4.69, 9.17) is 4.74 Å². The van der Waals surface area contributed by atoms with Crippen LogP contribution in [0.4, 0.5) is 14.9 Å².